The molecule has 1 unspecified atom stereocenters. The predicted octanol–water partition coefficient (Wildman–Crippen LogP) is 4.43. The zero-order chi connectivity index (χ0) is 13.0. The van der Waals surface area contributed by atoms with Crippen LogP contribution in [0.1, 0.15) is 18.1 Å². The maximum Gasteiger partial charge on any atom is 0.100 e. The Labute approximate surface area is 119 Å². The molecule has 0 fully saturated rings. The molecule has 0 aliphatic heterocycles. The van der Waals surface area contributed by atoms with Crippen molar-refractivity contribution in [3.8, 4) is 6.07 Å². The minimum atomic E-state index is 0.361. The van der Waals surface area contributed by atoms with Crippen LogP contribution >= 0.6 is 27.3 Å². The van der Waals surface area contributed by atoms with Crippen molar-refractivity contribution in [3.05, 3.63) is 50.6 Å². The van der Waals surface area contributed by atoms with Gasteiger partial charge >= 0.3 is 0 Å². The van der Waals surface area contributed by atoms with Crippen molar-refractivity contribution in [1.82, 2.24) is 0 Å². The number of thiophene rings is 1. The molecule has 1 heterocycles. The van der Waals surface area contributed by atoms with E-state index in [1.807, 2.05) is 18.2 Å². The van der Waals surface area contributed by atoms with E-state index in [1.165, 1.54) is 5.56 Å². The van der Waals surface area contributed by atoms with E-state index in [-0.39, 0.29) is 0 Å². The minimum absolute atomic E-state index is 0.361. The molecule has 1 atom stereocenters. The summed E-state index contributed by atoms with van der Waals surface area (Å²) in [5.74, 6) is 0. The number of anilines is 1. The highest BCUT2D eigenvalue weighted by Crippen LogP contribution is 2.22. The predicted molar refractivity (Wildman–Crippen MR) is 80.0 cm³/mol. The molecule has 1 aromatic heterocycles. The second-order valence-electron chi connectivity index (χ2n) is 4.19. The van der Waals surface area contributed by atoms with Gasteiger partial charge in [-0.15, -0.1) is 0 Å². The summed E-state index contributed by atoms with van der Waals surface area (Å²) in [6.45, 7) is 2.16. The second-order valence-corrected chi connectivity index (χ2v) is 5.82. The molecule has 1 aromatic carbocycles. The Hall–Kier alpha value is -1.31. The van der Waals surface area contributed by atoms with Gasteiger partial charge in [0.05, 0.1) is 5.56 Å². The lowest BCUT2D eigenvalue weighted by molar-refractivity contribution is 0.792. The minimum Gasteiger partial charge on any atom is -0.382 e. The van der Waals surface area contributed by atoms with E-state index in [9.17, 15) is 0 Å². The highest BCUT2D eigenvalue weighted by atomic mass is 79.9. The standard InChI is InChI=1S/C14H13BrN2S/c1-10(6-11-4-5-18-9-11)17-13-3-2-12(8-16)14(15)7-13/h2-5,7,9-10,17H,6H2,1H3. The third-order valence-electron chi connectivity index (χ3n) is 2.62. The molecule has 0 spiro atoms. The maximum atomic E-state index is 8.86. The Bertz CT molecular complexity index is 558. The van der Waals surface area contributed by atoms with E-state index in [2.05, 4.69) is 51.1 Å². The Balaban J connectivity index is 2.01. The lowest BCUT2D eigenvalue weighted by Crippen LogP contribution is -2.17. The number of nitrogens with zero attached hydrogens (tertiary/aromatic N) is 1. The van der Waals surface area contributed by atoms with Crippen molar-refractivity contribution in [1.29, 1.82) is 5.26 Å². The van der Waals surface area contributed by atoms with Crippen LogP contribution in [0.2, 0.25) is 0 Å². The molecule has 4 heteroatoms. The molecule has 18 heavy (non-hydrogen) atoms. The molecule has 92 valence electrons. The van der Waals surface area contributed by atoms with Crippen LogP contribution in [0, 0.1) is 11.3 Å². The van der Waals surface area contributed by atoms with Crippen LogP contribution in [0.5, 0.6) is 0 Å². The largest absolute Gasteiger partial charge is 0.382 e. The van der Waals surface area contributed by atoms with E-state index < -0.39 is 0 Å². The van der Waals surface area contributed by atoms with Gasteiger partial charge in [0.15, 0.2) is 0 Å². The molecule has 0 saturated heterocycles. The molecular weight excluding hydrogens is 308 g/mol. The van der Waals surface area contributed by atoms with Crippen molar-refractivity contribution in [3.63, 3.8) is 0 Å². The first-order valence-corrected chi connectivity index (χ1v) is 7.40. The van der Waals surface area contributed by atoms with Crippen molar-refractivity contribution in [2.24, 2.45) is 0 Å². The zero-order valence-electron chi connectivity index (χ0n) is 9.98. The summed E-state index contributed by atoms with van der Waals surface area (Å²) in [6.07, 6.45) is 1.00. The molecule has 0 amide bonds. The lowest BCUT2D eigenvalue weighted by Gasteiger charge is -2.15. The van der Waals surface area contributed by atoms with Crippen molar-refractivity contribution >= 4 is 33.0 Å². The van der Waals surface area contributed by atoms with Gasteiger partial charge in [0.2, 0.25) is 0 Å². The summed E-state index contributed by atoms with van der Waals surface area (Å²) < 4.78 is 0.831. The molecule has 0 aliphatic carbocycles. The number of nitrogens with one attached hydrogen (secondary N) is 1. The molecule has 0 bridgehead atoms. The van der Waals surface area contributed by atoms with Gasteiger partial charge in [0.25, 0.3) is 0 Å². The van der Waals surface area contributed by atoms with E-state index in [0.29, 0.717) is 11.6 Å². The van der Waals surface area contributed by atoms with E-state index in [4.69, 9.17) is 5.26 Å². The fraction of sp³-hybridized carbons (Fsp3) is 0.214. The highest BCUT2D eigenvalue weighted by molar-refractivity contribution is 9.10. The van der Waals surface area contributed by atoms with E-state index in [1.54, 1.807) is 11.3 Å². The smallest absolute Gasteiger partial charge is 0.100 e. The summed E-state index contributed by atoms with van der Waals surface area (Å²) in [4.78, 5) is 0. The zero-order valence-corrected chi connectivity index (χ0v) is 12.4. The molecular formula is C14H13BrN2S. The number of hydrogen-bond donors (Lipinski definition) is 1. The number of rotatable bonds is 4. The molecule has 0 saturated carbocycles. The van der Waals surface area contributed by atoms with Gasteiger partial charge in [-0.1, -0.05) is 0 Å². The molecule has 2 nitrogen and oxygen atoms in total. The van der Waals surface area contributed by atoms with Crippen LogP contribution in [0.4, 0.5) is 5.69 Å². The summed E-state index contributed by atoms with van der Waals surface area (Å²) in [5.41, 5.74) is 3.04. The van der Waals surface area contributed by atoms with Crippen LogP contribution in [-0.2, 0) is 6.42 Å². The quantitative estimate of drug-likeness (QED) is 0.904. The van der Waals surface area contributed by atoms with Gasteiger partial charge in [-0.05, 0) is 69.9 Å². The Morgan fingerprint density at radius 2 is 2.28 bits per heavy atom. The number of benzene rings is 1. The molecule has 1 N–H and O–H groups in total. The first kappa shape index (κ1) is 13.1. The first-order valence-electron chi connectivity index (χ1n) is 5.66. The second kappa shape index (κ2) is 6.03. The SMILES string of the molecule is CC(Cc1ccsc1)Nc1ccc(C#N)c(Br)c1. The normalized spacial score (nSPS) is 11.8. The summed E-state index contributed by atoms with van der Waals surface area (Å²) in [5, 5.41) is 16.6. The van der Waals surface area contributed by atoms with Crippen LogP contribution in [0.15, 0.2) is 39.5 Å². The van der Waals surface area contributed by atoms with E-state index >= 15 is 0 Å². The Morgan fingerprint density at radius 3 is 2.89 bits per heavy atom. The van der Waals surface area contributed by atoms with Gasteiger partial charge in [-0.3, -0.25) is 0 Å². The van der Waals surface area contributed by atoms with Gasteiger partial charge in [0, 0.05) is 16.2 Å². The topological polar surface area (TPSA) is 35.8 Å². The molecule has 2 aromatic rings. The molecule has 2 rings (SSSR count). The Morgan fingerprint density at radius 1 is 1.44 bits per heavy atom. The maximum absolute atomic E-state index is 8.86. The molecule has 0 aliphatic rings. The van der Waals surface area contributed by atoms with Crippen molar-refractivity contribution in [2.75, 3.05) is 5.32 Å². The van der Waals surface area contributed by atoms with Gasteiger partial charge in [0.1, 0.15) is 6.07 Å². The summed E-state index contributed by atoms with van der Waals surface area (Å²) >= 11 is 5.12. The van der Waals surface area contributed by atoms with Crippen LogP contribution in [-0.4, -0.2) is 6.04 Å². The number of hydrogen-bond acceptors (Lipinski definition) is 3. The first-order chi connectivity index (χ1) is 8.69. The number of halogens is 1. The van der Waals surface area contributed by atoms with E-state index in [0.717, 1.165) is 16.6 Å². The third kappa shape index (κ3) is 3.34. The van der Waals surface area contributed by atoms with Gasteiger partial charge in [-0.2, -0.15) is 16.6 Å². The average molecular weight is 321 g/mol. The molecule has 0 radical (unpaired) electrons. The van der Waals surface area contributed by atoms with Crippen molar-refractivity contribution in [2.45, 2.75) is 19.4 Å². The monoisotopic (exact) mass is 320 g/mol. The number of nitriles is 1. The average Bonchev–Trinajstić information content (AvgIpc) is 2.82. The van der Waals surface area contributed by atoms with Crippen LogP contribution in [0.25, 0.3) is 0 Å². The third-order valence-corrected chi connectivity index (χ3v) is 4.01. The highest BCUT2D eigenvalue weighted by Gasteiger charge is 2.06. The van der Waals surface area contributed by atoms with Gasteiger partial charge in [-0.25, -0.2) is 0 Å². The van der Waals surface area contributed by atoms with Crippen molar-refractivity contribution < 1.29 is 0 Å². The Kier molecular flexibility index (Phi) is 4.40. The lowest BCUT2D eigenvalue weighted by atomic mass is 10.1. The summed E-state index contributed by atoms with van der Waals surface area (Å²) in [6, 6.07) is 10.4. The fourth-order valence-electron chi connectivity index (χ4n) is 1.79. The van der Waals surface area contributed by atoms with Crippen LogP contribution in [0.3, 0.4) is 0 Å². The van der Waals surface area contributed by atoms with Crippen LogP contribution < -0.4 is 5.32 Å². The van der Waals surface area contributed by atoms with Gasteiger partial charge < -0.3 is 5.32 Å². The summed E-state index contributed by atoms with van der Waals surface area (Å²) in [7, 11) is 0. The fourth-order valence-corrected chi connectivity index (χ4v) is 2.94.